The molecule has 0 aromatic heterocycles. The van der Waals surface area contributed by atoms with Crippen molar-refractivity contribution in [3.05, 3.63) is 12.7 Å². The third-order valence-corrected chi connectivity index (χ3v) is 4.53. The molecule has 0 radical (unpaired) electrons. The fourth-order valence-electron chi connectivity index (χ4n) is 2.84. The lowest BCUT2D eigenvalue weighted by Crippen LogP contribution is -2.37. The highest BCUT2D eigenvalue weighted by atomic mass is 16.2. The van der Waals surface area contributed by atoms with E-state index in [1.807, 2.05) is 0 Å². The van der Waals surface area contributed by atoms with E-state index < -0.39 is 0 Å². The molecule has 0 fully saturated rings. The lowest BCUT2D eigenvalue weighted by Gasteiger charge is -2.30. The van der Waals surface area contributed by atoms with Crippen LogP contribution in [0.15, 0.2) is 12.7 Å². The molecule has 0 aromatic carbocycles. The molecule has 0 rings (SSSR count). The van der Waals surface area contributed by atoms with Gasteiger partial charge in [0.05, 0.1) is 0 Å². The molecular weight excluding hydrogens is 258 g/mol. The van der Waals surface area contributed by atoms with E-state index in [0.717, 1.165) is 25.9 Å². The van der Waals surface area contributed by atoms with Crippen LogP contribution in [-0.4, -0.2) is 23.9 Å². The van der Waals surface area contributed by atoms with E-state index in [1.54, 1.807) is 0 Å². The van der Waals surface area contributed by atoms with Crippen LogP contribution in [0.1, 0.15) is 79.1 Å². The Morgan fingerprint density at radius 1 is 0.952 bits per heavy atom. The minimum Gasteiger partial charge on any atom is -0.339 e. The van der Waals surface area contributed by atoms with Gasteiger partial charge in [-0.2, -0.15) is 0 Å². The van der Waals surface area contributed by atoms with Gasteiger partial charge in [-0.05, 0) is 30.8 Å². The minimum absolute atomic E-state index is 0.111. The average molecular weight is 296 g/mol. The summed E-state index contributed by atoms with van der Waals surface area (Å²) in [7, 11) is 0. The fourth-order valence-corrected chi connectivity index (χ4v) is 2.84. The predicted octanol–water partition coefficient (Wildman–Crippen LogP) is 5.43. The number of nitrogens with zero attached hydrogens (tertiary/aromatic N) is 1. The van der Waals surface area contributed by atoms with Crippen LogP contribution in [0.25, 0.3) is 0 Å². The Kier molecular flexibility index (Phi) is 12.4. The van der Waals surface area contributed by atoms with Crippen molar-refractivity contribution in [2.45, 2.75) is 79.1 Å². The Morgan fingerprint density at radius 2 is 1.38 bits per heavy atom. The van der Waals surface area contributed by atoms with Crippen molar-refractivity contribution < 1.29 is 4.79 Å². The summed E-state index contributed by atoms with van der Waals surface area (Å²) in [6.45, 7) is 14.4. The van der Waals surface area contributed by atoms with Crippen LogP contribution in [0.5, 0.6) is 0 Å². The second kappa shape index (κ2) is 12.9. The first-order chi connectivity index (χ1) is 10.1. The molecular formula is C19H37NO. The average Bonchev–Trinajstić information content (AvgIpc) is 2.52. The maximum absolute atomic E-state index is 12.2. The second-order valence-corrected chi connectivity index (χ2v) is 6.28. The second-order valence-electron chi connectivity index (χ2n) is 6.28. The number of carbonyl (C=O) groups excluding carboxylic acids is 1. The van der Waals surface area contributed by atoms with Gasteiger partial charge < -0.3 is 4.90 Å². The quantitative estimate of drug-likeness (QED) is 0.415. The van der Waals surface area contributed by atoms with E-state index in [0.29, 0.717) is 11.8 Å². The number of amides is 1. The molecule has 1 amide bonds. The highest BCUT2D eigenvalue weighted by Gasteiger charge is 2.19. The summed E-state index contributed by atoms with van der Waals surface area (Å²) in [4.78, 5) is 14.2. The summed E-state index contributed by atoms with van der Waals surface area (Å²) < 4.78 is 0. The third-order valence-electron chi connectivity index (χ3n) is 4.53. The lowest BCUT2D eigenvalue weighted by molar-refractivity contribution is -0.127. The smallest absolute Gasteiger partial charge is 0.245 e. The Balaban J connectivity index is 4.61. The van der Waals surface area contributed by atoms with E-state index in [9.17, 15) is 4.79 Å². The number of rotatable bonds is 13. The lowest BCUT2D eigenvalue weighted by atomic mass is 9.95. The number of carbonyl (C=O) groups is 1. The van der Waals surface area contributed by atoms with Crippen LogP contribution in [0.4, 0.5) is 0 Å². The number of hydrogen-bond donors (Lipinski definition) is 0. The van der Waals surface area contributed by atoms with Gasteiger partial charge in [0.25, 0.3) is 0 Å². The molecule has 21 heavy (non-hydrogen) atoms. The number of unbranched alkanes of at least 4 members (excludes halogenated alkanes) is 2. The molecule has 0 N–H and O–H groups in total. The highest BCUT2D eigenvalue weighted by Crippen LogP contribution is 2.19. The van der Waals surface area contributed by atoms with Gasteiger partial charge >= 0.3 is 0 Å². The molecule has 0 aliphatic carbocycles. The summed E-state index contributed by atoms with van der Waals surface area (Å²) in [5.74, 6) is 1.38. The van der Waals surface area contributed by atoms with Crippen molar-refractivity contribution >= 4 is 5.91 Å². The third kappa shape index (κ3) is 8.95. The molecule has 0 bridgehead atoms. The predicted molar refractivity (Wildman–Crippen MR) is 93.4 cm³/mol. The van der Waals surface area contributed by atoms with Crippen molar-refractivity contribution in [3.8, 4) is 0 Å². The van der Waals surface area contributed by atoms with Crippen molar-refractivity contribution in [1.29, 1.82) is 0 Å². The normalized spacial score (nSPS) is 13.7. The van der Waals surface area contributed by atoms with Crippen LogP contribution >= 0.6 is 0 Å². The van der Waals surface area contributed by atoms with Gasteiger partial charge in [0.2, 0.25) is 5.91 Å². The zero-order valence-electron chi connectivity index (χ0n) is 14.9. The molecule has 0 saturated carbocycles. The van der Waals surface area contributed by atoms with Crippen LogP contribution in [0.3, 0.4) is 0 Å². The Morgan fingerprint density at radius 3 is 1.67 bits per heavy atom. The Hall–Kier alpha value is -0.790. The van der Waals surface area contributed by atoms with Crippen molar-refractivity contribution in [3.63, 3.8) is 0 Å². The van der Waals surface area contributed by atoms with Gasteiger partial charge in [-0.3, -0.25) is 4.79 Å². The largest absolute Gasteiger partial charge is 0.339 e. The molecule has 2 unspecified atom stereocenters. The number of hydrogen-bond acceptors (Lipinski definition) is 1. The molecule has 0 aliphatic heterocycles. The zero-order chi connectivity index (χ0) is 16.1. The molecule has 0 spiro atoms. The molecule has 2 heteroatoms. The maximum atomic E-state index is 12.2. The molecule has 0 saturated heterocycles. The fraction of sp³-hybridized carbons (Fsp3) is 0.842. The van der Waals surface area contributed by atoms with Crippen LogP contribution in [-0.2, 0) is 4.79 Å². The Labute approximate surface area is 133 Å². The van der Waals surface area contributed by atoms with E-state index in [1.165, 1.54) is 44.6 Å². The summed E-state index contributed by atoms with van der Waals surface area (Å²) in [5, 5.41) is 0. The SMILES string of the molecule is C=CC(=O)N(CC(CC)CCCC)CC(CC)CCCC. The molecule has 0 aromatic rings. The highest BCUT2D eigenvalue weighted by molar-refractivity contribution is 5.87. The molecule has 0 heterocycles. The first kappa shape index (κ1) is 20.2. The van der Waals surface area contributed by atoms with Crippen LogP contribution < -0.4 is 0 Å². The monoisotopic (exact) mass is 295 g/mol. The summed E-state index contributed by atoms with van der Waals surface area (Å²) >= 11 is 0. The summed E-state index contributed by atoms with van der Waals surface area (Å²) in [5.41, 5.74) is 0. The van der Waals surface area contributed by atoms with Gasteiger partial charge in [0, 0.05) is 13.1 Å². The van der Waals surface area contributed by atoms with E-state index in [2.05, 4.69) is 39.2 Å². The standard InChI is InChI=1S/C19H37NO/c1-6-11-13-17(8-3)15-20(19(21)10-5)16-18(9-4)14-12-7-2/h10,17-18H,5-9,11-16H2,1-4H3. The van der Waals surface area contributed by atoms with E-state index in [-0.39, 0.29) is 5.91 Å². The summed E-state index contributed by atoms with van der Waals surface area (Å²) in [6, 6.07) is 0. The van der Waals surface area contributed by atoms with Crippen LogP contribution in [0.2, 0.25) is 0 Å². The molecule has 2 atom stereocenters. The molecule has 124 valence electrons. The first-order valence-corrected chi connectivity index (χ1v) is 9.04. The van der Waals surface area contributed by atoms with Gasteiger partial charge in [-0.1, -0.05) is 72.8 Å². The van der Waals surface area contributed by atoms with Gasteiger partial charge in [-0.15, -0.1) is 0 Å². The summed E-state index contributed by atoms with van der Waals surface area (Å²) in [6.07, 6.45) is 11.3. The maximum Gasteiger partial charge on any atom is 0.245 e. The molecule has 2 nitrogen and oxygen atoms in total. The van der Waals surface area contributed by atoms with Gasteiger partial charge in [0.1, 0.15) is 0 Å². The molecule has 0 aliphatic rings. The van der Waals surface area contributed by atoms with Crippen molar-refractivity contribution in [1.82, 2.24) is 4.90 Å². The zero-order valence-corrected chi connectivity index (χ0v) is 14.9. The van der Waals surface area contributed by atoms with Crippen molar-refractivity contribution in [2.75, 3.05) is 13.1 Å². The van der Waals surface area contributed by atoms with Gasteiger partial charge in [0.15, 0.2) is 0 Å². The van der Waals surface area contributed by atoms with E-state index in [4.69, 9.17) is 0 Å². The first-order valence-electron chi connectivity index (χ1n) is 9.04. The van der Waals surface area contributed by atoms with E-state index >= 15 is 0 Å². The Bertz CT molecular complexity index is 257. The van der Waals surface area contributed by atoms with Gasteiger partial charge in [-0.25, -0.2) is 0 Å². The topological polar surface area (TPSA) is 20.3 Å². The van der Waals surface area contributed by atoms with Crippen LogP contribution in [0, 0.1) is 11.8 Å². The minimum atomic E-state index is 0.111. The van der Waals surface area contributed by atoms with Crippen molar-refractivity contribution in [2.24, 2.45) is 11.8 Å².